The summed E-state index contributed by atoms with van der Waals surface area (Å²) in [5.41, 5.74) is -0.880. The van der Waals surface area contributed by atoms with Crippen LogP contribution in [0.3, 0.4) is 0 Å². The zero-order chi connectivity index (χ0) is 22.6. The Labute approximate surface area is 183 Å². The van der Waals surface area contributed by atoms with Crippen molar-refractivity contribution in [1.29, 1.82) is 0 Å². The molecule has 0 spiro atoms. The molecule has 31 heavy (non-hydrogen) atoms. The van der Waals surface area contributed by atoms with Gasteiger partial charge in [-0.25, -0.2) is 0 Å². The third kappa shape index (κ3) is 6.20. The van der Waals surface area contributed by atoms with Crippen LogP contribution in [0.4, 0.5) is 13.2 Å². The van der Waals surface area contributed by atoms with E-state index in [1.165, 1.54) is 17.0 Å². The molecule has 0 radical (unpaired) electrons. The monoisotopic (exact) mass is 456 g/mol. The highest BCUT2D eigenvalue weighted by Gasteiger charge is 2.42. The number of rotatable bonds is 6. The second-order valence-corrected chi connectivity index (χ2v) is 8.26. The molecule has 0 saturated carbocycles. The summed E-state index contributed by atoms with van der Waals surface area (Å²) in [7, 11) is 0. The lowest BCUT2D eigenvalue weighted by atomic mass is 9.89. The van der Waals surface area contributed by atoms with Crippen LogP contribution in [0.15, 0.2) is 48.5 Å². The van der Waals surface area contributed by atoms with Crippen LogP contribution >= 0.6 is 11.6 Å². The molecule has 5 nitrogen and oxygen atoms in total. The molecule has 0 bridgehead atoms. The van der Waals surface area contributed by atoms with Gasteiger partial charge in [0.2, 0.25) is 5.91 Å². The number of halogens is 4. The first-order valence-corrected chi connectivity index (χ1v) is 10.2. The molecule has 3 N–H and O–H groups in total. The molecule has 2 aromatic rings. The van der Waals surface area contributed by atoms with Crippen molar-refractivity contribution in [1.82, 2.24) is 10.2 Å². The Morgan fingerprint density at radius 3 is 2.35 bits per heavy atom. The van der Waals surface area contributed by atoms with Crippen LogP contribution in [0, 0.1) is 0 Å². The van der Waals surface area contributed by atoms with Gasteiger partial charge in [-0.1, -0.05) is 35.9 Å². The van der Waals surface area contributed by atoms with Crippen LogP contribution in [-0.4, -0.2) is 52.4 Å². The summed E-state index contributed by atoms with van der Waals surface area (Å²) >= 11 is 5.86. The van der Waals surface area contributed by atoms with Crippen LogP contribution < -0.4 is 5.32 Å². The molecule has 1 heterocycles. The third-order valence-electron chi connectivity index (χ3n) is 5.42. The molecule has 2 aromatic carbocycles. The van der Waals surface area contributed by atoms with Crippen LogP contribution in [0.5, 0.6) is 0 Å². The first-order chi connectivity index (χ1) is 14.6. The Hall–Kier alpha value is -2.13. The minimum atomic E-state index is -4.39. The van der Waals surface area contributed by atoms with E-state index < -0.39 is 23.4 Å². The van der Waals surface area contributed by atoms with Crippen molar-refractivity contribution >= 4 is 17.5 Å². The first kappa shape index (κ1) is 23.5. The number of amides is 1. The largest absolute Gasteiger partial charge is 0.416 e. The minimum absolute atomic E-state index is 0.0140. The Bertz CT molecular complexity index is 890. The number of aliphatic hydroxyl groups excluding tert-OH is 1. The maximum absolute atomic E-state index is 12.7. The summed E-state index contributed by atoms with van der Waals surface area (Å²) < 4.78 is 38.0. The van der Waals surface area contributed by atoms with Crippen molar-refractivity contribution in [3.63, 3.8) is 0 Å². The highest BCUT2D eigenvalue weighted by Crippen LogP contribution is 2.29. The van der Waals surface area contributed by atoms with Gasteiger partial charge >= 0.3 is 6.18 Å². The fourth-order valence-corrected chi connectivity index (χ4v) is 3.70. The Balaban J connectivity index is 1.55. The number of benzene rings is 2. The zero-order valence-corrected chi connectivity index (χ0v) is 17.5. The van der Waals surface area contributed by atoms with Crippen molar-refractivity contribution in [3.05, 3.63) is 70.2 Å². The van der Waals surface area contributed by atoms with Gasteiger partial charge in [0.25, 0.3) is 0 Å². The molecule has 9 heteroatoms. The lowest BCUT2D eigenvalue weighted by Gasteiger charge is -2.43. The fraction of sp³-hybridized carbons (Fsp3) is 0.409. The second-order valence-electron chi connectivity index (χ2n) is 7.82. The lowest BCUT2D eigenvalue weighted by molar-refractivity contribution is -0.150. The van der Waals surface area contributed by atoms with Crippen LogP contribution in [0.2, 0.25) is 5.02 Å². The number of nitrogens with zero attached hydrogens (tertiary/aromatic N) is 1. The van der Waals surface area contributed by atoms with Crippen LogP contribution in [0.25, 0.3) is 0 Å². The molecule has 1 aliphatic rings. The fourth-order valence-electron chi connectivity index (χ4n) is 3.57. The molecule has 168 valence electrons. The molecule has 0 unspecified atom stereocenters. The molecule has 1 amide bonds. The van der Waals surface area contributed by atoms with E-state index >= 15 is 0 Å². The number of hydrogen-bond donors (Lipinski definition) is 3. The molecule has 0 aliphatic carbocycles. The highest BCUT2D eigenvalue weighted by molar-refractivity contribution is 6.30. The first-order valence-electron chi connectivity index (χ1n) is 9.86. The van der Waals surface area contributed by atoms with Gasteiger partial charge in [-0.15, -0.1) is 0 Å². The van der Waals surface area contributed by atoms with Crippen LogP contribution in [-0.2, 0) is 23.9 Å². The minimum Gasteiger partial charge on any atom is -0.390 e. The summed E-state index contributed by atoms with van der Waals surface area (Å²) in [4.78, 5) is 14.2. The number of carbonyl (C=O) groups excluding carboxylic acids is 1. The maximum atomic E-state index is 12.7. The summed E-state index contributed by atoms with van der Waals surface area (Å²) in [5, 5.41) is 24.8. The molecule has 3 rings (SSSR count). The predicted octanol–water partition coefficient (Wildman–Crippen LogP) is 3.02. The van der Waals surface area contributed by atoms with Gasteiger partial charge in [-0.2, -0.15) is 13.2 Å². The second kappa shape index (κ2) is 9.56. The topological polar surface area (TPSA) is 72.8 Å². The van der Waals surface area contributed by atoms with E-state index in [0.717, 1.165) is 17.7 Å². The van der Waals surface area contributed by atoms with Gasteiger partial charge < -0.3 is 20.4 Å². The number of β-amino-alcohol motifs (C(OH)–C–C–N with tert-alkyl or cyclic N) is 1. The van der Waals surface area contributed by atoms with Crippen molar-refractivity contribution < 1.29 is 28.2 Å². The Morgan fingerprint density at radius 1 is 1.13 bits per heavy atom. The van der Waals surface area contributed by atoms with Crippen molar-refractivity contribution in [2.45, 2.75) is 37.3 Å². The van der Waals surface area contributed by atoms with E-state index in [0.29, 0.717) is 17.1 Å². The Morgan fingerprint density at radius 2 is 1.74 bits per heavy atom. The molecular formula is C22H24ClF3N2O3. The van der Waals surface area contributed by atoms with E-state index in [-0.39, 0.29) is 38.4 Å². The molecule has 2 atom stereocenters. The number of hydrogen-bond acceptors (Lipinski definition) is 4. The van der Waals surface area contributed by atoms with E-state index in [9.17, 15) is 28.2 Å². The summed E-state index contributed by atoms with van der Waals surface area (Å²) in [5.74, 6) is -0.171. The van der Waals surface area contributed by atoms with Crippen molar-refractivity contribution in [2.75, 3.05) is 19.6 Å². The molecule has 1 saturated heterocycles. The highest BCUT2D eigenvalue weighted by atomic mass is 35.5. The van der Waals surface area contributed by atoms with Gasteiger partial charge in [0, 0.05) is 24.7 Å². The number of piperidine rings is 1. The molecule has 1 aliphatic heterocycles. The molecular weight excluding hydrogens is 433 g/mol. The normalized spacial score (nSPS) is 21.9. The quantitative estimate of drug-likeness (QED) is 0.625. The van der Waals surface area contributed by atoms with Gasteiger partial charge in [0.05, 0.1) is 24.6 Å². The van der Waals surface area contributed by atoms with Crippen LogP contribution in [0.1, 0.15) is 23.1 Å². The number of aliphatic hydroxyl groups is 2. The standard InChI is InChI=1S/C22H24ClF3N2O3/c23-18-7-3-15(4-8-18)11-20(30)28-10-9-19(29)21(31,14-28)13-27-12-16-1-5-17(6-2-16)22(24,25)26/h1-8,19,27,29,31H,9-14H2/t19-,21+/m0/s1. The number of alkyl halides is 3. The Kier molecular flexibility index (Phi) is 7.26. The van der Waals surface area contributed by atoms with Gasteiger partial charge in [-0.3, -0.25) is 4.79 Å². The zero-order valence-electron chi connectivity index (χ0n) is 16.7. The molecule has 1 fully saturated rings. The number of carbonyl (C=O) groups is 1. The van der Waals surface area contributed by atoms with Crippen molar-refractivity contribution in [2.24, 2.45) is 0 Å². The van der Waals surface area contributed by atoms with Crippen molar-refractivity contribution in [3.8, 4) is 0 Å². The number of nitrogens with one attached hydrogen (secondary N) is 1. The average Bonchev–Trinajstić information content (AvgIpc) is 2.71. The SMILES string of the molecule is O=C(Cc1ccc(Cl)cc1)N1CC[C@H](O)[C@@](O)(CNCc2ccc(C(F)(F)F)cc2)C1. The lowest BCUT2D eigenvalue weighted by Crippen LogP contribution is -2.62. The predicted molar refractivity (Wildman–Crippen MR) is 110 cm³/mol. The average molecular weight is 457 g/mol. The van der Waals surface area contributed by atoms with E-state index in [1.54, 1.807) is 24.3 Å². The van der Waals surface area contributed by atoms with E-state index in [4.69, 9.17) is 11.6 Å². The van der Waals surface area contributed by atoms with E-state index in [1.807, 2.05) is 0 Å². The smallest absolute Gasteiger partial charge is 0.390 e. The van der Waals surface area contributed by atoms with Gasteiger partial charge in [-0.05, 0) is 41.8 Å². The molecule has 0 aromatic heterocycles. The van der Waals surface area contributed by atoms with E-state index in [2.05, 4.69) is 5.32 Å². The summed E-state index contributed by atoms with van der Waals surface area (Å²) in [6, 6.07) is 11.6. The summed E-state index contributed by atoms with van der Waals surface area (Å²) in [6.07, 6.45) is -5.03. The summed E-state index contributed by atoms with van der Waals surface area (Å²) in [6.45, 7) is 0.487. The number of likely N-dealkylation sites (tertiary alicyclic amines) is 1. The van der Waals surface area contributed by atoms with Gasteiger partial charge in [0.1, 0.15) is 5.60 Å². The maximum Gasteiger partial charge on any atom is 0.416 e. The third-order valence-corrected chi connectivity index (χ3v) is 5.67. The van der Waals surface area contributed by atoms with Gasteiger partial charge in [0.15, 0.2) is 0 Å².